The summed E-state index contributed by atoms with van der Waals surface area (Å²) in [6.45, 7) is 0.241. The molecule has 1 aromatic rings. The number of nitrogens with two attached hydrogens (primary N) is 1. The lowest BCUT2D eigenvalue weighted by atomic mass is 10.2. The monoisotopic (exact) mass is 213 g/mol. The topological polar surface area (TPSA) is 35.2 Å². The second kappa shape index (κ2) is 4.14. The molecule has 0 aliphatic heterocycles. The lowest BCUT2D eigenvalue weighted by Crippen LogP contribution is -2.30. The van der Waals surface area contributed by atoms with Gasteiger partial charge < -0.3 is 10.5 Å². The Hall–Kier alpha value is -1.16. The number of hydrogen-bond donors (Lipinski definition) is 1. The van der Waals surface area contributed by atoms with Crippen molar-refractivity contribution in [3.05, 3.63) is 29.8 Å². The van der Waals surface area contributed by atoms with Gasteiger partial charge in [0, 0.05) is 12.1 Å². The zero-order valence-corrected chi connectivity index (χ0v) is 8.25. The van der Waals surface area contributed by atoms with Crippen LogP contribution in [-0.4, -0.2) is 12.6 Å². The third kappa shape index (κ3) is 2.65. The van der Waals surface area contributed by atoms with Crippen LogP contribution in [0.5, 0.6) is 5.75 Å². The molecule has 1 aliphatic carbocycles. The number of benzene rings is 1. The fourth-order valence-electron chi connectivity index (χ4n) is 1.43. The van der Waals surface area contributed by atoms with E-state index in [2.05, 4.69) is 0 Å². The summed E-state index contributed by atoms with van der Waals surface area (Å²) < 4.78 is 31.0. The molecule has 1 fully saturated rings. The molecule has 1 saturated carbocycles. The summed E-state index contributed by atoms with van der Waals surface area (Å²) in [6, 6.07) is 3.07. The van der Waals surface area contributed by atoms with E-state index in [0.29, 0.717) is 5.92 Å². The summed E-state index contributed by atoms with van der Waals surface area (Å²) in [6.07, 6.45) is 2.21. The van der Waals surface area contributed by atoms with E-state index in [1.54, 1.807) is 0 Å². The van der Waals surface area contributed by atoms with Gasteiger partial charge in [-0.2, -0.15) is 0 Å². The van der Waals surface area contributed by atoms with Crippen molar-refractivity contribution in [2.75, 3.05) is 6.61 Å². The Balaban J connectivity index is 1.94. The van der Waals surface area contributed by atoms with Gasteiger partial charge in [0.25, 0.3) is 0 Å². The predicted molar refractivity (Wildman–Crippen MR) is 52.6 cm³/mol. The molecule has 15 heavy (non-hydrogen) atoms. The molecule has 1 unspecified atom stereocenters. The second-order valence-corrected chi connectivity index (χ2v) is 3.89. The van der Waals surface area contributed by atoms with Crippen molar-refractivity contribution in [1.29, 1.82) is 0 Å². The Morgan fingerprint density at radius 2 is 2.13 bits per heavy atom. The number of hydrogen-bond acceptors (Lipinski definition) is 2. The van der Waals surface area contributed by atoms with E-state index in [9.17, 15) is 8.78 Å². The van der Waals surface area contributed by atoms with Crippen LogP contribution in [0.2, 0.25) is 0 Å². The molecule has 0 radical (unpaired) electrons. The van der Waals surface area contributed by atoms with Crippen molar-refractivity contribution in [3.8, 4) is 5.75 Å². The van der Waals surface area contributed by atoms with E-state index < -0.39 is 11.6 Å². The quantitative estimate of drug-likeness (QED) is 0.831. The van der Waals surface area contributed by atoms with Gasteiger partial charge in [0.05, 0.1) is 0 Å². The fourth-order valence-corrected chi connectivity index (χ4v) is 1.43. The largest absolute Gasteiger partial charge is 0.489 e. The summed E-state index contributed by atoms with van der Waals surface area (Å²) in [5.41, 5.74) is 5.77. The van der Waals surface area contributed by atoms with Crippen LogP contribution in [0.1, 0.15) is 12.8 Å². The highest BCUT2D eigenvalue weighted by atomic mass is 19.1. The van der Waals surface area contributed by atoms with Gasteiger partial charge in [-0.05, 0) is 30.9 Å². The van der Waals surface area contributed by atoms with Gasteiger partial charge >= 0.3 is 0 Å². The Labute approximate surface area is 87.0 Å². The van der Waals surface area contributed by atoms with Gasteiger partial charge in [0.15, 0.2) is 11.6 Å². The zero-order chi connectivity index (χ0) is 10.8. The average Bonchev–Trinajstić information content (AvgIpc) is 3.02. The minimum Gasteiger partial charge on any atom is -0.489 e. The van der Waals surface area contributed by atoms with Crippen molar-refractivity contribution >= 4 is 0 Å². The van der Waals surface area contributed by atoms with Crippen molar-refractivity contribution in [2.24, 2.45) is 11.7 Å². The van der Waals surface area contributed by atoms with E-state index in [4.69, 9.17) is 10.5 Å². The molecule has 0 spiro atoms. The van der Waals surface area contributed by atoms with Crippen LogP contribution in [0.25, 0.3) is 0 Å². The van der Waals surface area contributed by atoms with E-state index in [1.165, 1.54) is 0 Å². The van der Waals surface area contributed by atoms with E-state index in [0.717, 1.165) is 31.0 Å². The molecule has 1 atom stereocenters. The Bertz CT molecular complexity index is 352. The first kappa shape index (κ1) is 10.4. The van der Waals surface area contributed by atoms with E-state index in [1.807, 2.05) is 0 Å². The van der Waals surface area contributed by atoms with Crippen molar-refractivity contribution in [3.63, 3.8) is 0 Å². The van der Waals surface area contributed by atoms with Crippen LogP contribution in [0.4, 0.5) is 8.78 Å². The third-order valence-corrected chi connectivity index (χ3v) is 2.55. The number of halogens is 2. The van der Waals surface area contributed by atoms with Crippen molar-refractivity contribution in [2.45, 2.75) is 18.9 Å². The Kier molecular flexibility index (Phi) is 2.86. The molecule has 0 heterocycles. The van der Waals surface area contributed by atoms with Crippen LogP contribution in [0.15, 0.2) is 18.2 Å². The van der Waals surface area contributed by atoms with Crippen LogP contribution < -0.4 is 10.5 Å². The van der Waals surface area contributed by atoms with Gasteiger partial charge in [0.1, 0.15) is 12.4 Å². The molecule has 2 nitrogen and oxygen atoms in total. The molecule has 2 rings (SSSR count). The van der Waals surface area contributed by atoms with Crippen LogP contribution in [0, 0.1) is 17.6 Å². The first-order valence-electron chi connectivity index (χ1n) is 5.00. The summed E-state index contributed by atoms with van der Waals surface area (Å²) >= 11 is 0. The SMILES string of the molecule is NC(COc1cc(F)ccc1F)C1CC1. The highest BCUT2D eigenvalue weighted by Crippen LogP contribution is 2.31. The average molecular weight is 213 g/mol. The summed E-state index contributed by atoms with van der Waals surface area (Å²) in [4.78, 5) is 0. The second-order valence-electron chi connectivity index (χ2n) is 3.89. The highest BCUT2D eigenvalue weighted by molar-refractivity contribution is 5.24. The van der Waals surface area contributed by atoms with Gasteiger partial charge in [-0.25, -0.2) is 8.78 Å². The molecule has 4 heteroatoms. The van der Waals surface area contributed by atoms with E-state index >= 15 is 0 Å². The maximum absolute atomic E-state index is 13.1. The molecule has 1 aliphatic rings. The Morgan fingerprint density at radius 1 is 1.40 bits per heavy atom. The number of rotatable bonds is 4. The van der Waals surface area contributed by atoms with Crippen molar-refractivity contribution < 1.29 is 13.5 Å². The van der Waals surface area contributed by atoms with Crippen LogP contribution >= 0.6 is 0 Å². The summed E-state index contributed by atoms with van der Waals surface area (Å²) in [7, 11) is 0. The molecule has 0 aromatic heterocycles. The zero-order valence-electron chi connectivity index (χ0n) is 8.25. The molecule has 0 bridgehead atoms. The number of ether oxygens (including phenoxy) is 1. The highest BCUT2D eigenvalue weighted by Gasteiger charge is 2.28. The first-order chi connectivity index (χ1) is 7.16. The van der Waals surface area contributed by atoms with Gasteiger partial charge in [-0.1, -0.05) is 0 Å². The smallest absolute Gasteiger partial charge is 0.165 e. The molecule has 82 valence electrons. The maximum atomic E-state index is 13.1. The van der Waals surface area contributed by atoms with Gasteiger partial charge in [-0.15, -0.1) is 0 Å². The predicted octanol–water partition coefficient (Wildman–Crippen LogP) is 2.08. The van der Waals surface area contributed by atoms with Gasteiger partial charge in [0.2, 0.25) is 0 Å². The van der Waals surface area contributed by atoms with Gasteiger partial charge in [-0.3, -0.25) is 0 Å². The van der Waals surface area contributed by atoms with Crippen LogP contribution in [0.3, 0.4) is 0 Å². The van der Waals surface area contributed by atoms with Crippen LogP contribution in [-0.2, 0) is 0 Å². The summed E-state index contributed by atoms with van der Waals surface area (Å²) in [5, 5.41) is 0. The molecular weight excluding hydrogens is 200 g/mol. The normalized spacial score (nSPS) is 17.5. The van der Waals surface area contributed by atoms with Crippen molar-refractivity contribution in [1.82, 2.24) is 0 Å². The van der Waals surface area contributed by atoms with E-state index in [-0.39, 0.29) is 18.4 Å². The third-order valence-electron chi connectivity index (χ3n) is 2.55. The minimum atomic E-state index is -0.556. The standard InChI is InChI=1S/C11H13F2NO/c12-8-3-4-9(13)11(5-8)15-6-10(14)7-1-2-7/h3-5,7,10H,1-2,6,14H2. The molecule has 1 aromatic carbocycles. The summed E-state index contributed by atoms with van der Waals surface area (Å²) in [5.74, 6) is -0.640. The lowest BCUT2D eigenvalue weighted by Gasteiger charge is -2.12. The maximum Gasteiger partial charge on any atom is 0.165 e. The molecule has 0 amide bonds. The molecular formula is C11H13F2NO. The minimum absolute atomic E-state index is 0.0638. The fraction of sp³-hybridized carbons (Fsp3) is 0.455. The first-order valence-corrected chi connectivity index (χ1v) is 5.00. The lowest BCUT2D eigenvalue weighted by molar-refractivity contribution is 0.263. The molecule has 0 saturated heterocycles. The molecule has 2 N–H and O–H groups in total. The Morgan fingerprint density at radius 3 is 2.80 bits per heavy atom.